The van der Waals surface area contributed by atoms with Crippen molar-refractivity contribution in [3.05, 3.63) is 58.0 Å². The Hall–Kier alpha value is -2.73. The zero-order valence-electron chi connectivity index (χ0n) is 15.6. The van der Waals surface area contributed by atoms with Crippen LogP contribution in [0.2, 0.25) is 0 Å². The Morgan fingerprint density at radius 3 is 2.64 bits per heavy atom. The molecule has 6 nitrogen and oxygen atoms in total. The van der Waals surface area contributed by atoms with Gasteiger partial charge in [-0.25, -0.2) is 4.98 Å². The number of amides is 1. The summed E-state index contributed by atoms with van der Waals surface area (Å²) in [5.74, 6) is 0.343. The number of nitrogens with one attached hydrogen (secondary N) is 1. The molecule has 2 N–H and O–H groups in total. The number of aliphatic hydroxyl groups is 1. The van der Waals surface area contributed by atoms with Crippen LogP contribution in [0.1, 0.15) is 60.4 Å². The van der Waals surface area contributed by atoms with Gasteiger partial charge in [0.25, 0.3) is 11.5 Å². The Bertz CT molecular complexity index is 1130. The van der Waals surface area contributed by atoms with Gasteiger partial charge in [-0.2, -0.15) is 0 Å². The van der Waals surface area contributed by atoms with Crippen LogP contribution in [0.3, 0.4) is 0 Å². The van der Waals surface area contributed by atoms with E-state index in [0.29, 0.717) is 40.9 Å². The molecular formula is C22H23N3O3. The van der Waals surface area contributed by atoms with Crippen LogP contribution in [0.4, 0.5) is 0 Å². The van der Waals surface area contributed by atoms with Crippen molar-refractivity contribution in [1.82, 2.24) is 14.7 Å². The number of aliphatic hydroxyl groups excluding tert-OH is 1. The molecule has 2 saturated carbocycles. The molecule has 0 aliphatic heterocycles. The highest BCUT2D eigenvalue weighted by Crippen LogP contribution is 2.40. The number of carbonyl (C=O) groups is 1. The molecule has 1 aromatic carbocycles. The molecule has 0 unspecified atom stereocenters. The van der Waals surface area contributed by atoms with Gasteiger partial charge in [0.2, 0.25) is 0 Å². The molecule has 0 radical (unpaired) electrons. The van der Waals surface area contributed by atoms with Crippen molar-refractivity contribution in [2.24, 2.45) is 0 Å². The molecule has 2 fully saturated rings. The topological polar surface area (TPSA) is 83.7 Å². The number of hydrogen-bond donors (Lipinski definition) is 2. The minimum atomic E-state index is -0.266. The first-order valence-electron chi connectivity index (χ1n) is 10.0. The minimum absolute atomic E-state index is 0.0458. The molecule has 5 rings (SSSR count). The summed E-state index contributed by atoms with van der Waals surface area (Å²) in [6, 6.07) is 9.35. The Morgan fingerprint density at radius 2 is 1.89 bits per heavy atom. The van der Waals surface area contributed by atoms with Crippen molar-refractivity contribution >= 4 is 22.5 Å². The van der Waals surface area contributed by atoms with Gasteiger partial charge in [-0.05, 0) is 74.3 Å². The Labute approximate surface area is 162 Å². The Balaban J connectivity index is 1.54. The second kappa shape index (κ2) is 6.71. The van der Waals surface area contributed by atoms with E-state index in [1.165, 1.54) is 22.8 Å². The van der Waals surface area contributed by atoms with E-state index in [1.807, 2.05) is 18.2 Å². The number of hydrogen-bond acceptors (Lipinski definition) is 4. The second-order valence-corrected chi connectivity index (χ2v) is 8.06. The van der Waals surface area contributed by atoms with Crippen LogP contribution in [0.25, 0.3) is 16.6 Å². The number of carbonyl (C=O) groups excluding carboxylic acids is 1. The van der Waals surface area contributed by atoms with E-state index in [-0.39, 0.29) is 23.6 Å². The van der Waals surface area contributed by atoms with Gasteiger partial charge in [0.1, 0.15) is 0 Å². The zero-order chi connectivity index (χ0) is 19.3. The first-order valence-corrected chi connectivity index (χ1v) is 10.0. The zero-order valence-corrected chi connectivity index (χ0v) is 15.6. The Morgan fingerprint density at radius 1 is 1.11 bits per heavy atom. The molecule has 0 spiro atoms. The summed E-state index contributed by atoms with van der Waals surface area (Å²) in [5.41, 5.74) is 2.46. The van der Waals surface area contributed by atoms with Gasteiger partial charge in [0, 0.05) is 12.2 Å². The first-order chi connectivity index (χ1) is 13.6. The molecular weight excluding hydrogens is 354 g/mol. The van der Waals surface area contributed by atoms with Crippen LogP contribution in [0.5, 0.6) is 0 Å². The van der Waals surface area contributed by atoms with Crippen molar-refractivity contribution < 1.29 is 9.90 Å². The van der Waals surface area contributed by atoms with Crippen molar-refractivity contribution in [2.75, 3.05) is 0 Å². The summed E-state index contributed by atoms with van der Waals surface area (Å²) >= 11 is 0. The van der Waals surface area contributed by atoms with Crippen molar-refractivity contribution in [3.63, 3.8) is 0 Å². The van der Waals surface area contributed by atoms with E-state index >= 15 is 0 Å². The lowest BCUT2D eigenvalue weighted by Gasteiger charge is -2.26. The van der Waals surface area contributed by atoms with Crippen LogP contribution in [-0.2, 0) is 0 Å². The predicted octanol–water partition coefficient (Wildman–Crippen LogP) is 2.76. The largest absolute Gasteiger partial charge is 0.393 e. The standard InChI is InChI=1S/C22H23N3O3/c26-16-8-6-15(7-9-16)23-21(27)17-2-1-11-25-20(17)24-19-10-5-14(13-3-4-13)12-18(19)22(25)28/h1-2,5,10-13,15-16,26H,3-4,6-9H2,(H,23,27)/t15-,16-. The molecule has 1 amide bonds. The number of aromatic nitrogens is 2. The summed E-state index contributed by atoms with van der Waals surface area (Å²) in [7, 11) is 0. The van der Waals surface area contributed by atoms with Crippen molar-refractivity contribution in [3.8, 4) is 0 Å². The fourth-order valence-corrected chi connectivity index (χ4v) is 4.18. The average molecular weight is 377 g/mol. The number of rotatable bonds is 3. The maximum atomic E-state index is 13.0. The highest BCUT2D eigenvalue weighted by atomic mass is 16.3. The third-order valence-electron chi connectivity index (χ3n) is 5.99. The molecule has 0 bridgehead atoms. The maximum Gasteiger partial charge on any atom is 0.265 e. The van der Waals surface area contributed by atoms with Crippen LogP contribution in [-0.4, -0.2) is 32.5 Å². The van der Waals surface area contributed by atoms with Gasteiger partial charge < -0.3 is 10.4 Å². The minimum Gasteiger partial charge on any atom is -0.393 e. The average Bonchev–Trinajstić information content (AvgIpc) is 3.55. The molecule has 3 aromatic rings. The van der Waals surface area contributed by atoms with Gasteiger partial charge in [-0.1, -0.05) is 6.07 Å². The fraction of sp³-hybridized carbons (Fsp3) is 0.409. The molecule has 6 heteroatoms. The smallest absolute Gasteiger partial charge is 0.265 e. The molecule has 2 aliphatic carbocycles. The lowest BCUT2D eigenvalue weighted by molar-refractivity contribution is 0.0868. The molecule has 144 valence electrons. The number of pyridine rings is 1. The van der Waals surface area contributed by atoms with Gasteiger partial charge in [-0.3, -0.25) is 14.0 Å². The third kappa shape index (κ3) is 3.07. The molecule has 2 aromatic heterocycles. The molecule has 2 heterocycles. The molecule has 2 aliphatic rings. The predicted molar refractivity (Wildman–Crippen MR) is 107 cm³/mol. The van der Waals surface area contributed by atoms with Gasteiger partial charge in [0.05, 0.1) is 22.6 Å². The molecule has 28 heavy (non-hydrogen) atoms. The maximum absolute atomic E-state index is 13.0. The monoisotopic (exact) mass is 377 g/mol. The van der Waals surface area contributed by atoms with Crippen LogP contribution >= 0.6 is 0 Å². The van der Waals surface area contributed by atoms with E-state index in [2.05, 4.69) is 10.3 Å². The third-order valence-corrected chi connectivity index (χ3v) is 5.99. The number of benzene rings is 1. The lowest BCUT2D eigenvalue weighted by atomic mass is 9.93. The summed E-state index contributed by atoms with van der Waals surface area (Å²) in [4.78, 5) is 30.6. The summed E-state index contributed by atoms with van der Waals surface area (Å²) < 4.78 is 1.47. The van der Waals surface area contributed by atoms with E-state index < -0.39 is 0 Å². The van der Waals surface area contributed by atoms with Gasteiger partial charge in [0.15, 0.2) is 5.65 Å². The Kier molecular flexibility index (Phi) is 4.16. The van der Waals surface area contributed by atoms with Gasteiger partial charge >= 0.3 is 0 Å². The van der Waals surface area contributed by atoms with E-state index in [0.717, 1.165) is 12.8 Å². The fourth-order valence-electron chi connectivity index (χ4n) is 4.18. The van der Waals surface area contributed by atoms with Crippen LogP contribution in [0.15, 0.2) is 41.3 Å². The van der Waals surface area contributed by atoms with E-state index in [1.54, 1.807) is 18.3 Å². The quantitative estimate of drug-likeness (QED) is 0.688. The number of fused-ring (bicyclic) bond motifs is 2. The SMILES string of the molecule is O=C(N[C@H]1CC[C@H](O)CC1)c1cccn2c(=O)c3cc(C4CC4)ccc3nc12. The summed E-state index contributed by atoms with van der Waals surface area (Å²) in [6.45, 7) is 0. The normalized spacial score (nSPS) is 22.5. The van der Waals surface area contributed by atoms with Gasteiger partial charge in [-0.15, -0.1) is 0 Å². The van der Waals surface area contributed by atoms with Crippen LogP contribution in [0, 0.1) is 0 Å². The highest BCUT2D eigenvalue weighted by molar-refractivity contribution is 6.00. The van der Waals surface area contributed by atoms with Crippen molar-refractivity contribution in [1.29, 1.82) is 0 Å². The molecule has 0 saturated heterocycles. The van der Waals surface area contributed by atoms with Crippen molar-refractivity contribution in [2.45, 2.75) is 56.6 Å². The summed E-state index contributed by atoms with van der Waals surface area (Å²) in [6.07, 6.45) is 6.68. The highest BCUT2D eigenvalue weighted by Gasteiger charge is 2.25. The second-order valence-electron chi connectivity index (χ2n) is 8.06. The first kappa shape index (κ1) is 17.4. The van der Waals surface area contributed by atoms with E-state index in [9.17, 15) is 14.7 Å². The molecule has 0 atom stereocenters. The number of nitrogens with zero attached hydrogens (tertiary/aromatic N) is 2. The van der Waals surface area contributed by atoms with Crippen LogP contribution < -0.4 is 10.9 Å². The van der Waals surface area contributed by atoms with E-state index in [4.69, 9.17) is 0 Å². The lowest BCUT2D eigenvalue weighted by Crippen LogP contribution is -2.39. The summed E-state index contributed by atoms with van der Waals surface area (Å²) in [5, 5.41) is 13.3.